The summed E-state index contributed by atoms with van der Waals surface area (Å²) in [6, 6.07) is 6.75. The molecule has 0 saturated carbocycles. The Morgan fingerprint density at radius 1 is 1.40 bits per heavy atom. The predicted octanol–water partition coefficient (Wildman–Crippen LogP) is 2.41. The SMILES string of the molecule is Nc1cccc(OCCC(=O)NCCSC(F)(F)F)c1. The molecular weight excluding hydrogens is 293 g/mol. The number of hydrogen-bond acceptors (Lipinski definition) is 4. The van der Waals surface area contributed by atoms with Crippen LogP contribution in [0.2, 0.25) is 0 Å². The van der Waals surface area contributed by atoms with E-state index in [9.17, 15) is 18.0 Å². The van der Waals surface area contributed by atoms with Crippen LogP contribution in [0.1, 0.15) is 6.42 Å². The highest BCUT2D eigenvalue weighted by atomic mass is 32.2. The molecule has 1 amide bonds. The smallest absolute Gasteiger partial charge is 0.441 e. The van der Waals surface area contributed by atoms with Crippen molar-refractivity contribution in [2.24, 2.45) is 0 Å². The van der Waals surface area contributed by atoms with Gasteiger partial charge in [0.05, 0.1) is 13.0 Å². The largest absolute Gasteiger partial charge is 0.493 e. The number of ether oxygens (including phenoxy) is 1. The third-order valence-electron chi connectivity index (χ3n) is 2.15. The molecule has 0 fully saturated rings. The van der Waals surface area contributed by atoms with Crippen LogP contribution >= 0.6 is 11.8 Å². The number of nitrogen functional groups attached to an aromatic ring is 1. The summed E-state index contributed by atoms with van der Waals surface area (Å²) < 4.78 is 40.8. The molecule has 0 bridgehead atoms. The third kappa shape index (κ3) is 7.78. The van der Waals surface area contributed by atoms with Gasteiger partial charge in [-0.15, -0.1) is 0 Å². The van der Waals surface area contributed by atoms with Crippen LogP contribution < -0.4 is 15.8 Å². The number of carbonyl (C=O) groups is 1. The van der Waals surface area contributed by atoms with Gasteiger partial charge >= 0.3 is 5.51 Å². The van der Waals surface area contributed by atoms with Crippen LogP contribution in [0.4, 0.5) is 18.9 Å². The maximum atomic E-state index is 11.8. The van der Waals surface area contributed by atoms with E-state index in [-0.39, 0.29) is 43.0 Å². The zero-order valence-electron chi connectivity index (χ0n) is 10.6. The number of nitrogens with two attached hydrogens (primary N) is 1. The van der Waals surface area contributed by atoms with Crippen LogP contribution in [0, 0.1) is 0 Å². The summed E-state index contributed by atoms with van der Waals surface area (Å²) in [6.07, 6.45) is 0.0749. The first kappa shape index (κ1) is 16.5. The van der Waals surface area contributed by atoms with Gasteiger partial charge in [-0.2, -0.15) is 13.2 Å². The third-order valence-corrected chi connectivity index (χ3v) is 2.88. The minimum Gasteiger partial charge on any atom is -0.493 e. The second-order valence-electron chi connectivity index (χ2n) is 3.82. The number of alkyl halides is 3. The predicted molar refractivity (Wildman–Crippen MR) is 72.5 cm³/mol. The molecule has 8 heteroatoms. The van der Waals surface area contributed by atoms with Crippen molar-refractivity contribution in [2.75, 3.05) is 24.6 Å². The number of thioether (sulfide) groups is 1. The first-order chi connectivity index (χ1) is 9.37. The molecular formula is C12H15F3N2O2S. The Hall–Kier alpha value is -1.57. The highest BCUT2D eigenvalue weighted by molar-refractivity contribution is 8.00. The average molecular weight is 308 g/mol. The molecule has 0 aromatic heterocycles. The van der Waals surface area contributed by atoms with Gasteiger partial charge in [-0.3, -0.25) is 4.79 Å². The van der Waals surface area contributed by atoms with E-state index >= 15 is 0 Å². The van der Waals surface area contributed by atoms with Gasteiger partial charge in [0.15, 0.2) is 0 Å². The van der Waals surface area contributed by atoms with Crippen LogP contribution in [0.15, 0.2) is 24.3 Å². The van der Waals surface area contributed by atoms with Crippen LogP contribution in [-0.2, 0) is 4.79 Å². The lowest BCUT2D eigenvalue weighted by atomic mass is 10.3. The lowest BCUT2D eigenvalue weighted by Gasteiger charge is -2.08. The Morgan fingerprint density at radius 2 is 2.15 bits per heavy atom. The average Bonchev–Trinajstić information content (AvgIpc) is 2.34. The number of anilines is 1. The van der Waals surface area contributed by atoms with Gasteiger partial charge in [-0.25, -0.2) is 0 Å². The molecule has 0 atom stereocenters. The van der Waals surface area contributed by atoms with E-state index in [2.05, 4.69) is 5.32 Å². The number of amides is 1. The highest BCUT2D eigenvalue weighted by Crippen LogP contribution is 2.29. The van der Waals surface area contributed by atoms with E-state index in [0.717, 1.165) is 0 Å². The van der Waals surface area contributed by atoms with Gasteiger partial charge in [-0.05, 0) is 23.9 Å². The summed E-state index contributed by atoms with van der Waals surface area (Å²) in [4.78, 5) is 11.3. The monoisotopic (exact) mass is 308 g/mol. The van der Waals surface area contributed by atoms with Gasteiger partial charge in [0.25, 0.3) is 0 Å². The lowest BCUT2D eigenvalue weighted by molar-refractivity contribution is -0.121. The Morgan fingerprint density at radius 3 is 2.80 bits per heavy atom. The van der Waals surface area contributed by atoms with E-state index in [1.165, 1.54) is 0 Å². The van der Waals surface area contributed by atoms with E-state index in [4.69, 9.17) is 10.5 Å². The second-order valence-corrected chi connectivity index (χ2v) is 4.97. The van der Waals surface area contributed by atoms with Gasteiger partial charge < -0.3 is 15.8 Å². The minimum atomic E-state index is -4.26. The van der Waals surface area contributed by atoms with Gasteiger partial charge in [0.2, 0.25) is 5.91 Å². The summed E-state index contributed by atoms with van der Waals surface area (Å²) in [5.74, 6) is -0.00667. The fourth-order valence-corrected chi connectivity index (χ4v) is 1.75. The molecule has 4 nitrogen and oxygen atoms in total. The van der Waals surface area contributed by atoms with Crippen LogP contribution in [0.3, 0.4) is 0 Å². The number of hydrogen-bond donors (Lipinski definition) is 2. The molecule has 0 aliphatic carbocycles. The summed E-state index contributed by atoms with van der Waals surface area (Å²) >= 11 is -0.162. The quantitative estimate of drug-likeness (QED) is 0.600. The van der Waals surface area contributed by atoms with Crippen molar-refractivity contribution < 1.29 is 22.7 Å². The van der Waals surface area contributed by atoms with E-state index < -0.39 is 5.51 Å². The topological polar surface area (TPSA) is 64.3 Å². The Balaban J connectivity index is 2.11. The van der Waals surface area contributed by atoms with Crippen molar-refractivity contribution in [1.82, 2.24) is 5.32 Å². The number of carbonyl (C=O) groups excluding carboxylic acids is 1. The summed E-state index contributed by atoms with van der Waals surface area (Å²) in [6.45, 7) is 0.114. The molecule has 1 aromatic carbocycles. The van der Waals surface area contributed by atoms with Crippen LogP contribution in [0.5, 0.6) is 5.75 Å². The second kappa shape index (κ2) is 7.88. The number of benzene rings is 1. The molecule has 3 N–H and O–H groups in total. The van der Waals surface area contributed by atoms with Crippen molar-refractivity contribution in [1.29, 1.82) is 0 Å². The zero-order valence-corrected chi connectivity index (χ0v) is 11.4. The van der Waals surface area contributed by atoms with E-state index in [1.54, 1.807) is 24.3 Å². The van der Waals surface area contributed by atoms with Crippen molar-refractivity contribution in [3.05, 3.63) is 24.3 Å². The maximum absolute atomic E-state index is 11.8. The summed E-state index contributed by atoms with van der Waals surface area (Å²) in [5.41, 5.74) is 1.84. The maximum Gasteiger partial charge on any atom is 0.441 e. The Kier molecular flexibility index (Phi) is 6.50. The molecule has 1 rings (SSSR count). The molecule has 0 aliphatic rings. The molecule has 0 heterocycles. The zero-order chi connectivity index (χ0) is 15.0. The molecule has 112 valence electrons. The fourth-order valence-electron chi connectivity index (χ4n) is 1.31. The van der Waals surface area contributed by atoms with Crippen LogP contribution in [-0.4, -0.2) is 30.3 Å². The number of halogens is 3. The first-order valence-electron chi connectivity index (χ1n) is 5.82. The number of nitrogens with one attached hydrogen (secondary N) is 1. The summed E-state index contributed by atoms with van der Waals surface area (Å²) in [7, 11) is 0. The normalized spacial score (nSPS) is 11.2. The summed E-state index contributed by atoms with van der Waals surface area (Å²) in [5, 5.41) is 2.39. The molecule has 0 aliphatic heterocycles. The minimum absolute atomic E-state index is 0.0265. The van der Waals surface area contributed by atoms with Crippen LogP contribution in [0.25, 0.3) is 0 Å². The lowest BCUT2D eigenvalue weighted by Crippen LogP contribution is -2.27. The molecule has 0 saturated heterocycles. The highest BCUT2D eigenvalue weighted by Gasteiger charge is 2.27. The molecule has 0 spiro atoms. The molecule has 20 heavy (non-hydrogen) atoms. The molecule has 0 radical (unpaired) electrons. The van der Waals surface area contributed by atoms with Crippen molar-refractivity contribution in [3.63, 3.8) is 0 Å². The van der Waals surface area contributed by atoms with Crippen molar-refractivity contribution >= 4 is 23.4 Å². The molecule has 0 unspecified atom stereocenters. The van der Waals surface area contributed by atoms with Gasteiger partial charge in [-0.1, -0.05) is 6.07 Å². The van der Waals surface area contributed by atoms with Crippen molar-refractivity contribution in [2.45, 2.75) is 11.9 Å². The molecule has 1 aromatic rings. The standard InChI is InChI=1S/C12H15F3N2O2S/c13-12(14,15)20-7-5-17-11(18)4-6-19-10-3-1-2-9(16)8-10/h1-3,8H,4-7,16H2,(H,17,18). The first-order valence-corrected chi connectivity index (χ1v) is 6.81. The van der Waals surface area contributed by atoms with Gasteiger partial charge in [0, 0.05) is 24.1 Å². The van der Waals surface area contributed by atoms with Gasteiger partial charge in [0.1, 0.15) is 5.75 Å². The Bertz CT molecular complexity index is 441. The van der Waals surface area contributed by atoms with E-state index in [1.807, 2.05) is 0 Å². The number of rotatable bonds is 7. The van der Waals surface area contributed by atoms with E-state index in [0.29, 0.717) is 11.4 Å². The fraction of sp³-hybridized carbons (Fsp3) is 0.417. The Labute approximate surface area is 118 Å². The van der Waals surface area contributed by atoms with Crippen molar-refractivity contribution in [3.8, 4) is 5.75 Å².